The Balaban J connectivity index is 1.40. The first-order chi connectivity index (χ1) is 20.1. The van der Waals surface area contributed by atoms with Gasteiger partial charge in [-0.05, 0) is 89.0 Å². The van der Waals surface area contributed by atoms with Crippen LogP contribution in [0.3, 0.4) is 0 Å². The van der Waals surface area contributed by atoms with Gasteiger partial charge in [0.2, 0.25) is 10.0 Å². The monoisotopic (exact) mass is 589 g/mol. The van der Waals surface area contributed by atoms with Gasteiger partial charge in [0.05, 0.1) is 33.5 Å². The first-order valence-corrected chi connectivity index (χ1v) is 15.7. The molecule has 0 saturated carbocycles. The van der Waals surface area contributed by atoms with Crippen LogP contribution in [-0.2, 0) is 16.6 Å². The summed E-state index contributed by atoms with van der Waals surface area (Å²) in [6, 6.07) is 17.4. The molecular formula is C31H39N7O3S. The third-order valence-electron chi connectivity index (χ3n) is 8.02. The number of amides is 1. The second-order valence-corrected chi connectivity index (χ2v) is 12.6. The molecule has 2 heterocycles. The molecular weight excluding hydrogens is 550 g/mol. The maximum Gasteiger partial charge on any atom is 0.254 e. The minimum absolute atomic E-state index is 0.138. The predicted octanol–water partition coefficient (Wildman–Crippen LogP) is 3.55. The van der Waals surface area contributed by atoms with Crippen LogP contribution in [0.25, 0.3) is 0 Å². The number of piperidine rings is 1. The van der Waals surface area contributed by atoms with Crippen LogP contribution in [0.15, 0.2) is 59.8 Å². The second kappa shape index (κ2) is 13.9. The van der Waals surface area contributed by atoms with Crippen LogP contribution < -0.4 is 14.9 Å². The van der Waals surface area contributed by atoms with Gasteiger partial charge < -0.3 is 15.1 Å². The number of nitriles is 1. The molecule has 3 aromatic rings. The highest BCUT2D eigenvalue weighted by Gasteiger charge is 2.28. The molecule has 222 valence electrons. The number of anilines is 1. The van der Waals surface area contributed by atoms with E-state index in [2.05, 4.69) is 42.8 Å². The highest BCUT2D eigenvalue weighted by Crippen LogP contribution is 2.28. The molecule has 0 aliphatic carbocycles. The van der Waals surface area contributed by atoms with E-state index >= 15 is 0 Å². The third-order valence-corrected chi connectivity index (χ3v) is 9.45. The number of sulfonamides is 1. The SMILES string of the molecule is CNS(=O)(=O)c1ccc(N(Cc2cccc(C#N)c2)C2CCN(C(C)CCNC(=O)c3c(C)ncnc3C)CC2)cc1. The molecule has 0 radical (unpaired) electrons. The summed E-state index contributed by atoms with van der Waals surface area (Å²) in [4.78, 5) is 26.0. The number of rotatable bonds is 11. The number of likely N-dealkylation sites (tertiary alicyclic amines) is 1. The lowest BCUT2D eigenvalue weighted by Crippen LogP contribution is -2.48. The summed E-state index contributed by atoms with van der Waals surface area (Å²) in [5.74, 6) is -0.138. The van der Waals surface area contributed by atoms with Crippen molar-refractivity contribution < 1.29 is 13.2 Å². The zero-order chi connectivity index (χ0) is 30.3. The van der Waals surface area contributed by atoms with Crippen molar-refractivity contribution in [3.8, 4) is 6.07 Å². The van der Waals surface area contributed by atoms with E-state index in [-0.39, 0.29) is 16.8 Å². The highest BCUT2D eigenvalue weighted by atomic mass is 32.2. The number of hydrogen-bond donors (Lipinski definition) is 2. The minimum Gasteiger partial charge on any atom is -0.364 e. The number of aromatic nitrogens is 2. The Morgan fingerprint density at radius 1 is 1.12 bits per heavy atom. The Hall–Kier alpha value is -3.85. The van der Waals surface area contributed by atoms with E-state index in [1.165, 1.54) is 13.4 Å². The number of nitrogens with zero attached hydrogens (tertiary/aromatic N) is 5. The summed E-state index contributed by atoms with van der Waals surface area (Å²) in [6.45, 7) is 8.83. The average Bonchev–Trinajstić information content (AvgIpc) is 3.00. The van der Waals surface area contributed by atoms with E-state index in [4.69, 9.17) is 0 Å². The van der Waals surface area contributed by atoms with Crippen LogP contribution in [0.1, 0.15) is 59.1 Å². The largest absolute Gasteiger partial charge is 0.364 e. The fraction of sp³-hybridized carbons (Fsp3) is 0.419. The van der Waals surface area contributed by atoms with Crippen LogP contribution >= 0.6 is 0 Å². The van der Waals surface area contributed by atoms with Crippen molar-refractivity contribution in [3.63, 3.8) is 0 Å². The number of carbonyl (C=O) groups excluding carboxylic acids is 1. The van der Waals surface area contributed by atoms with Gasteiger partial charge in [-0.3, -0.25) is 4.79 Å². The Bertz CT molecular complexity index is 1510. The van der Waals surface area contributed by atoms with E-state index in [0.717, 1.165) is 43.6 Å². The first kappa shape index (κ1) is 31.1. The lowest BCUT2D eigenvalue weighted by molar-refractivity contribution is 0.0943. The van der Waals surface area contributed by atoms with Crippen LogP contribution in [0.4, 0.5) is 5.69 Å². The molecule has 2 N–H and O–H groups in total. The third kappa shape index (κ3) is 7.50. The molecule has 0 spiro atoms. The Kier molecular flexibility index (Phi) is 10.3. The molecule has 2 aromatic carbocycles. The molecule has 4 rings (SSSR count). The van der Waals surface area contributed by atoms with Gasteiger partial charge in [-0.1, -0.05) is 12.1 Å². The average molecular weight is 590 g/mol. The lowest BCUT2D eigenvalue weighted by Gasteiger charge is -2.42. The van der Waals surface area contributed by atoms with Crippen LogP contribution in [0, 0.1) is 25.2 Å². The molecule has 0 bridgehead atoms. The quantitative estimate of drug-likeness (QED) is 0.347. The maximum absolute atomic E-state index is 12.7. The summed E-state index contributed by atoms with van der Waals surface area (Å²) < 4.78 is 26.9. The molecule has 42 heavy (non-hydrogen) atoms. The summed E-state index contributed by atoms with van der Waals surface area (Å²) in [7, 11) is -2.12. The van der Waals surface area contributed by atoms with E-state index in [9.17, 15) is 18.5 Å². The molecule has 1 aliphatic rings. The number of benzene rings is 2. The van der Waals surface area contributed by atoms with E-state index in [1.54, 1.807) is 18.2 Å². The zero-order valence-corrected chi connectivity index (χ0v) is 25.5. The Morgan fingerprint density at radius 3 is 2.40 bits per heavy atom. The lowest BCUT2D eigenvalue weighted by atomic mass is 9.99. The normalized spacial score (nSPS) is 15.1. The number of aryl methyl sites for hydroxylation is 2. The fourth-order valence-electron chi connectivity index (χ4n) is 5.53. The van der Waals surface area contributed by atoms with Gasteiger partial charge in [0, 0.05) is 44.0 Å². The minimum atomic E-state index is -3.53. The van der Waals surface area contributed by atoms with Crippen molar-refractivity contribution in [3.05, 3.63) is 82.9 Å². The van der Waals surface area contributed by atoms with Crippen LogP contribution in [0.5, 0.6) is 0 Å². The molecule has 11 heteroatoms. The van der Waals surface area contributed by atoms with Crippen LogP contribution in [-0.4, -0.2) is 68.0 Å². The molecule has 1 unspecified atom stereocenters. The standard InChI is InChI=1S/C31H39N7O3S/c1-22(12-15-34-31(39)30-23(2)35-21-36-24(30)3)37-16-13-28(14-17-37)38(20-26-7-5-6-25(18-26)19-32)27-8-10-29(11-9-27)42(40,41)33-4/h5-11,18,21-22,28,33H,12-17,20H2,1-4H3,(H,34,39). The van der Waals surface area contributed by atoms with Gasteiger partial charge in [0.1, 0.15) is 6.33 Å². The van der Waals surface area contributed by atoms with Crippen molar-refractivity contribution in [1.82, 2.24) is 24.9 Å². The summed E-state index contributed by atoms with van der Waals surface area (Å²) in [6.07, 6.45) is 4.17. The molecule has 1 fully saturated rings. The van der Waals surface area contributed by atoms with Crippen molar-refractivity contribution in [1.29, 1.82) is 5.26 Å². The molecule has 1 amide bonds. The van der Waals surface area contributed by atoms with Gasteiger partial charge in [0.15, 0.2) is 0 Å². The first-order valence-electron chi connectivity index (χ1n) is 14.2. The Morgan fingerprint density at radius 2 is 1.79 bits per heavy atom. The topological polar surface area (TPSA) is 131 Å². The van der Waals surface area contributed by atoms with Crippen molar-refractivity contribution in [2.24, 2.45) is 0 Å². The molecule has 1 atom stereocenters. The summed E-state index contributed by atoms with van der Waals surface area (Å²) in [5.41, 5.74) is 4.49. The van der Waals surface area contributed by atoms with Crippen molar-refractivity contribution >= 4 is 21.6 Å². The zero-order valence-electron chi connectivity index (χ0n) is 24.7. The number of hydrogen-bond acceptors (Lipinski definition) is 8. The number of carbonyl (C=O) groups is 1. The summed E-state index contributed by atoms with van der Waals surface area (Å²) in [5, 5.41) is 12.4. The van der Waals surface area contributed by atoms with Gasteiger partial charge in [-0.25, -0.2) is 23.1 Å². The van der Waals surface area contributed by atoms with E-state index in [0.29, 0.717) is 41.6 Å². The highest BCUT2D eigenvalue weighted by molar-refractivity contribution is 7.89. The Labute approximate surface area is 248 Å². The smallest absolute Gasteiger partial charge is 0.254 e. The van der Waals surface area contributed by atoms with Gasteiger partial charge in [-0.2, -0.15) is 5.26 Å². The van der Waals surface area contributed by atoms with Crippen LogP contribution in [0.2, 0.25) is 0 Å². The molecule has 10 nitrogen and oxygen atoms in total. The fourth-order valence-corrected chi connectivity index (χ4v) is 6.26. The molecule has 1 aromatic heterocycles. The molecule has 1 saturated heterocycles. The van der Waals surface area contributed by atoms with Gasteiger partial charge >= 0.3 is 0 Å². The van der Waals surface area contributed by atoms with E-state index in [1.807, 2.05) is 44.2 Å². The van der Waals surface area contributed by atoms with E-state index < -0.39 is 10.0 Å². The van der Waals surface area contributed by atoms with Crippen molar-refractivity contribution in [2.45, 2.75) is 63.6 Å². The summed E-state index contributed by atoms with van der Waals surface area (Å²) >= 11 is 0. The van der Waals surface area contributed by atoms with Gasteiger partial charge in [-0.15, -0.1) is 0 Å². The maximum atomic E-state index is 12.7. The van der Waals surface area contributed by atoms with Crippen molar-refractivity contribution in [2.75, 3.05) is 31.6 Å². The molecule has 1 aliphatic heterocycles. The predicted molar refractivity (Wildman–Crippen MR) is 163 cm³/mol. The second-order valence-electron chi connectivity index (χ2n) is 10.7. The number of nitrogens with one attached hydrogen (secondary N) is 2. The van der Waals surface area contributed by atoms with Gasteiger partial charge in [0.25, 0.3) is 5.91 Å².